The molecule has 0 saturated carbocycles. The first-order chi connectivity index (χ1) is 28.9. The minimum absolute atomic E-state index is 0.488. The molecule has 16 N–H and O–H groups in total. The highest BCUT2D eigenvalue weighted by atomic mass is 16.8. The molecule has 0 aromatic heterocycles. The Morgan fingerprint density at radius 3 is 1.74 bits per heavy atom. The first kappa shape index (κ1) is 53.4. The van der Waals surface area contributed by atoms with Crippen molar-refractivity contribution in [3.8, 4) is 0 Å². The van der Waals surface area contributed by atoms with E-state index in [4.69, 9.17) is 42.6 Å². The van der Waals surface area contributed by atoms with E-state index >= 15 is 0 Å². The Labute approximate surface area is 348 Å². The van der Waals surface area contributed by atoms with E-state index in [9.17, 15) is 81.1 Å². The SMILES string of the molecule is COC1C(O)[C@H](O)C(CO)O[C@@H]1OC1C(O)[C@H](O[C@H](C(O)CO)C(O)CNC(C)=O)OC(CO[C@H]2OC(CO)[C@@H](O)C(O)C2O[C@H](OCCO)C(NC(C)=O)C(O)CO)[C@H]1O. The molecule has 3 aliphatic rings. The van der Waals surface area contributed by atoms with Crippen LogP contribution in [-0.2, 0) is 52.2 Å². The molecule has 0 spiro atoms. The summed E-state index contributed by atoms with van der Waals surface area (Å²) in [6.45, 7) is -4.04. The second-order valence-electron chi connectivity index (χ2n) is 14.5. The molecule has 0 radical (unpaired) electrons. The number of aliphatic hydroxyl groups excluding tert-OH is 14. The number of ether oxygens (including phenoxy) is 9. The van der Waals surface area contributed by atoms with E-state index in [0.717, 1.165) is 21.0 Å². The van der Waals surface area contributed by atoms with Crippen LogP contribution in [0, 0.1) is 0 Å². The summed E-state index contributed by atoms with van der Waals surface area (Å²) in [5.41, 5.74) is 0. The van der Waals surface area contributed by atoms with Crippen LogP contribution < -0.4 is 10.6 Å². The van der Waals surface area contributed by atoms with E-state index in [-0.39, 0.29) is 0 Å². The van der Waals surface area contributed by atoms with E-state index in [2.05, 4.69) is 10.6 Å². The van der Waals surface area contributed by atoms with Gasteiger partial charge in [0.2, 0.25) is 11.8 Å². The van der Waals surface area contributed by atoms with Crippen LogP contribution >= 0.6 is 0 Å². The van der Waals surface area contributed by atoms with Crippen LogP contribution in [0.5, 0.6) is 0 Å². The number of hydrogen-bond donors (Lipinski definition) is 16. The van der Waals surface area contributed by atoms with E-state index in [1.54, 1.807) is 0 Å². The fourth-order valence-electron chi connectivity index (χ4n) is 6.72. The fourth-order valence-corrected chi connectivity index (χ4v) is 6.72. The van der Waals surface area contributed by atoms with Crippen molar-refractivity contribution >= 4 is 11.8 Å². The molecule has 0 bridgehead atoms. The molecule has 61 heavy (non-hydrogen) atoms. The lowest BCUT2D eigenvalue weighted by Crippen LogP contribution is -2.66. The van der Waals surface area contributed by atoms with Gasteiger partial charge in [-0.25, -0.2) is 0 Å². The summed E-state index contributed by atoms with van der Waals surface area (Å²) in [7, 11) is 1.10. The fraction of sp³-hybridized carbons (Fsp3) is 0.941. The summed E-state index contributed by atoms with van der Waals surface area (Å²) in [4.78, 5) is 23.6. The summed E-state index contributed by atoms with van der Waals surface area (Å²) in [6.07, 6.45) is -36.3. The molecule has 0 aromatic rings. The first-order valence-corrected chi connectivity index (χ1v) is 19.3. The Kier molecular flexibility index (Phi) is 22.3. The number of methoxy groups -OCH3 is 1. The van der Waals surface area contributed by atoms with Crippen molar-refractivity contribution in [3.05, 3.63) is 0 Å². The van der Waals surface area contributed by atoms with Gasteiger partial charge in [0.25, 0.3) is 0 Å². The molecule has 3 fully saturated rings. The van der Waals surface area contributed by atoms with Gasteiger partial charge in [0.1, 0.15) is 104 Å². The first-order valence-electron chi connectivity index (χ1n) is 19.3. The third-order valence-electron chi connectivity index (χ3n) is 10.0. The Hall–Kier alpha value is -1.98. The van der Waals surface area contributed by atoms with Gasteiger partial charge in [-0.2, -0.15) is 0 Å². The van der Waals surface area contributed by atoms with Crippen molar-refractivity contribution in [1.82, 2.24) is 10.6 Å². The Balaban J connectivity index is 2.02. The standard InChI is InChI=1S/C34H62N2O25/c1-12(42)35-6-14(44)27(16(46)8-39)59-32-26(52)28(60-34-29(53-3)24(50)21(47)18(10-41)57-34)23(49)19(58-32)11-55-33-30(25(51)22(48)17(9-40)56-33)61-31(54-5-4-37)20(15(45)7-38)36-13(2)43/h14-34,37-41,44-52H,4-11H2,1-3H3,(H,35,42)(H,36,43)/t14?,15?,16?,17?,18?,19?,20?,21-,22-,23-,24?,25?,26?,27+,28?,29?,30?,31+,32+,33+,34-/m1/s1. The molecule has 21 atom stereocenters. The molecule has 27 nitrogen and oxygen atoms in total. The van der Waals surface area contributed by atoms with Gasteiger partial charge in [-0.1, -0.05) is 0 Å². The van der Waals surface area contributed by atoms with Crippen LogP contribution in [0.15, 0.2) is 0 Å². The molecule has 3 aliphatic heterocycles. The summed E-state index contributed by atoms with van der Waals surface area (Å²) < 4.78 is 51.1. The largest absolute Gasteiger partial charge is 0.394 e. The van der Waals surface area contributed by atoms with Gasteiger partial charge in [-0.3, -0.25) is 9.59 Å². The maximum absolute atomic E-state index is 12.0. The normalized spacial score (nSPS) is 37.6. The molecular weight excluding hydrogens is 836 g/mol. The predicted octanol–water partition coefficient (Wildman–Crippen LogP) is -10.5. The van der Waals surface area contributed by atoms with Crippen molar-refractivity contribution in [3.63, 3.8) is 0 Å². The van der Waals surface area contributed by atoms with Crippen LogP contribution in [0.2, 0.25) is 0 Å². The third kappa shape index (κ3) is 14.0. The molecule has 27 heteroatoms. The molecule has 0 aromatic carbocycles. The van der Waals surface area contributed by atoms with Crippen LogP contribution in [0.4, 0.5) is 0 Å². The summed E-state index contributed by atoms with van der Waals surface area (Å²) in [6, 6.07) is -1.58. The molecule has 3 saturated heterocycles. The Morgan fingerprint density at radius 1 is 0.639 bits per heavy atom. The second-order valence-corrected chi connectivity index (χ2v) is 14.5. The molecule has 358 valence electrons. The molecule has 13 unspecified atom stereocenters. The molecule has 3 heterocycles. The lowest BCUT2D eigenvalue weighted by atomic mass is 9.96. The number of rotatable bonds is 24. The van der Waals surface area contributed by atoms with Crippen LogP contribution in [0.3, 0.4) is 0 Å². The highest BCUT2D eigenvalue weighted by molar-refractivity contribution is 5.73. The Morgan fingerprint density at radius 2 is 1.21 bits per heavy atom. The summed E-state index contributed by atoms with van der Waals surface area (Å²) >= 11 is 0. The zero-order valence-electron chi connectivity index (χ0n) is 33.5. The quantitative estimate of drug-likeness (QED) is 0.0400. The average molecular weight is 899 g/mol. The summed E-state index contributed by atoms with van der Waals surface area (Å²) in [5, 5.41) is 151. The number of carbonyl (C=O) groups is 2. The van der Waals surface area contributed by atoms with Crippen molar-refractivity contribution in [2.24, 2.45) is 0 Å². The van der Waals surface area contributed by atoms with Gasteiger partial charge in [-0.05, 0) is 0 Å². The summed E-state index contributed by atoms with van der Waals surface area (Å²) in [5.74, 6) is -1.33. The van der Waals surface area contributed by atoms with Crippen LogP contribution in [-0.4, -0.2) is 272 Å². The van der Waals surface area contributed by atoms with Gasteiger partial charge in [0, 0.05) is 27.5 Å². The number of amides is 2. The topological polar surface area (TPSA) is 424 Å². The maximum atomic E-state index is 12.0. The molecular formula is C34H62N2O25. The van der Waals surface area contributed by atoms with Gasteiger partial charge < -0.3 is 125 Å². The zero-order chi connectivity index (χ0) is 45.7. The van der Waals surface area contributed by atoms with Crippen molar-refractivity contribution < 1.29 is 124 Å². The lowest BCUT2D eigenvalue weighted by molar-refractivity contribution is -0.377. The van der Waals surface area contributed by atoms with Crippen molar-refractivity contribution in [1.29, 1.82) is 0 Å². The van der Waals surface area contributed by atoms with E-state index in [1.165, 1.54) is 0 Å². The lowest BCUT2D eigenvalue weighted by Gasteiger charge is -2.48. The van der Waals surface area contributed by atoms with Crippen molar-refractivity contribution in [2.45, 2.75) is 143 Å². The maximum Gasteiger partial charge on any atom is 0.217 e. The number of nitrogens with one attached hydrogen (secondary N) is 2. The molecule has 0 aliphatic carbocycles. The predicted molar refractivity (Wildman–Crippen MR) is 193 cm³/mol. The van der Waals surface area contributed by atoms with E-state index in [0.29, 0.717) is 0 Å². The highest BCUT2D eigenvalue weighted by Crippen LogP contribution is 2.33. The molecule has 2 amide bonds. The average Bonchev–Trinajstić information content (AvgIpc) is 3.23. The van der Waals surface area contributed by atoms with Gasteiger partial charge in [-0.15, -0.1) is 0 Å². The molecule has 3 rings (SSSR count). The minimum atomic E-state index is -2.11. The van der Waals surface area contributed by atoms with Crippen LogP contribution in [0.1, 0.15) is 13.8 Å². The van der Waals surface area contributed by atoms with Gasteiger partial charge in [0.15, 0.2) is 25.2 Å². The monoisotopic (exact) mass is 898 g/mol. The smallest absolute Gasteiger partial charge is 0.217 e. The zero-order valence-corrected chi connectivity index (χ0v) is 33.5. The van der Waals surface area contributed by atoms with Crippen molar-refractivity contribution in [2.75, 3.05) is 59.9 Å². The number of hydrogen-bond acceptors (Lipinski definition) is 25. The van der Waals surface area contributed by atoms with Crippen LogP contribution in [0.25, 0.3) is 0 Å². The van der Waals surface area contributed by atoms with Gasteiger partial charge in [0.05, 0.1) is 46.2 Å². The highest BCUT2D eigenvalue weighted by Gasteiger charge is 2.54. The minimum Gasteiger partial charge on any atom is -0.394 e. The number of carbonyl (C=O) groups excluding carboxylic acids is 2. The second kappa shape index (κ2) is 25.5. The van der Waals surface area contributed by atoms with E-state index < -0.39 is 193 Å². The van der Waals surface area contributed by atoms with E-state index in [1.807, 2.05) is 0 Å². The third-order valence-corrected chi connectivity index (χ3v) is 10.0. The van der Waals surface area contributed by atoms with Gasteiger partial charge >= 0.3 is 0 Å². The number of aliphatic hydroxyl groups is 14. The Bertz CT molecular complexity index is 1290.